The van der Waals surface area contributed by atoms with Gasteiger partial charge in [0.1, 0.15) is 0 Å². The largest absolute Gasteiger partial charge is 0.456 e. The van der Waals surface area contributed by atoms with E-state index in [1.54, 1.807) is 24.3 Å². The first-order valence-corrected chi connectivity index (χ1v) is 9.98. The summed E-state index contributed by atoms with van der Waals surface area (Å²) in [5, 5.41) is 5.51. The molecule has 3 rings (SSSR count). The van der Waals surface area contributed by atoms with Gasteiger partial charge in [0.15, 0.2) is 6.61 Å². The van der Waals surface area contributed by atoms with Crippen molar-refractivity contribution in [2.75, 3.05) is 11.9 Å². The van der Waals surface area contributed by atoms with Gasteiger partial charge in [0, 0.05) is 13.0 Å². The predicted octanol–water partition coefficient (Wildman–Crippen LogP) is 3.68. The summed E-state index contributed by atoms with van der Waals surface area (Å²) >= 11 is 0. The smallest absolute Gasteiger partial charge is 0.306 e. The van der Waals surface area contributed by atoms with Crippen molar-refractivity contribution in [3.63, 3.8) is 0 Å². The zero-order valence-corrected chi connectivity index (χ0v) is 16.4. The van der Waals surface area contributed by atoms with Crippen LogP contribution in [0.4, 0.5) is 5.69 Å². The van der Waals surface area contributed by atoms with Crippen molar-refractivity contribution in [2.45, 2.75) is 38.6 Å². The molecule has 2 amide bonds. The molecule has 1 aliphatic carbocycles. The van der Waals surface area contributed by atoms with E-state index in [-0.39, 0.29) is 18.5 Å². The third kappa shape index (κ3) is 6.45. The number of carbonyl (C=O) groups excluding carboxylic acids is 3. The van der Waals surface area contributed by atoms with Crippen molar-refractivity contribution >= 4 is 23.5 Å². The monoisotopic (exact) mass is 394 g/mol. The molecule has 0 aromatic heterocycles. The first-order chi connectivity index (χ1) is 14.1. The van der Waals surface area contributed by atoms with E-state index in [1.165, 1.54) is 0 Å². The maximum absolute atomic E-state index is 12.5. The number of esters is 1. The SMILES string of the molecule is O=C(COC(=O)CC1CCCC1)Nc1ccccc1C(=O)NCc1ccccc1. The summed E-state index contributed by atoms with van der Waals surface area (Å²) in [6.45, 7) is 0.0340. The van der Waals surface area contributed by atoms with Crippen molar-refractivity contribution in [3.8, 4) is 0 Å². The van der Waals surface area contributed by atoms with E-state index in [1.807, 2.05) is 30.3 Å². The van der Waals surface area contributed by atoms with Gasteiger partial charge in [0.2, 0.25) is 0 Å². The minimum absolute atomic E-state index is 0.289. The van der Waals surface area contributed by atoms with Crippen molar-refractivity contribution in [2.24, 2.45) is 5.92 Å². The predicted molar refractivity (Wildman–Crippen MR) is 110 cm³/mol. The molecule has 6 heteroatoms. The van der Waals surface area contributed by atoms with E-state index in [2.05, 4.69) is 10.6 Å². The Balaban J connectivity index is 1.50. The summed E-state index contributed by atoms with van der Waals surface area (Å²) in [6.07, 6.45) is 4.77. The van der Waals surface area contributed by atoms with Gasteiger partial charge in [-0.2, -0.15) is 0 Å². The van der Waals surface area contributed by atoms with Crippen LogP contribution in [0.2, 0.25) is 0 Å². The molecule has 1 saturated carbocycles. The Bertz CT molecular complexity index is 845. The highest BCUT2D eigenvalue weighted by atomic mass is 16.5. The number of benzene rings is 2. The van der Waals surface area contributed by atoms with Crippen LogP contribution in [0.15, 0.2) is 54.6 Å². The van der Waals surface area contributed by atoms with Crippen molar-refractivity contribution in [1.29, 1.82) is 0 Å². The lowest BCUT2D eigenvalue weighted by Crippen LogP contribution is -2.26. The third-order valence-electron chi connectivity index (χ3n) is 5.04. The second kappa shape index (κ2) is 10.4. The third-order valence-corrected chi connectivity index (χ3v) is 5.04. The molecule has 2 aromatic carbocycles. The summed E-state index contributed by atoms with van der Waals surface area (Å²) in [7, 11) is 0. The van der Waals surface area contributed by atoms with Gasteiger partial charge < -0.3 is 15.4 Å². The molecule has 0 bridgehead atoms. The number of ether oxygens (including phenoxy) is 1. The molecule has 6 nitrogen and oxygen atoms in total. The van der Waals surface area contributed by atoms with Gasteiger partial charge in [-0.3, -0.25) is 14.4 Å². The van der Waals surface area contributed by atoms with Gasteiger partial charge in [0.05, 0.1) is 11.3 Å². The molecule has 0 radical (unpaired) electrons. The Hall–Kier alpha value is -3.15. The van der Waals surface area contributed by atoms with Gasteiger partial charge >= 0.3 is 5.97 Å². The Morgan fingerprint density at radius 3 is 2.38 bits per heavy atom. The number of hydrogen-bond donors (Lipinski definition) is 2. The van der Waals surface area contributed by atoms with Gasteiger partial charge in [-0.1, -0.05) is 55.3 Å². The molecule has 152 valence electrons. The number of anilines is 1. The highest BCUT2D eigenvalue weighted by molar-refractivity contribution is 6.04. The molecule has 2 aromatic rings. The van der Waals surface area contributed by atoms with E-state index < -0.39 is 5.91 Å². The van der Waals surface area contributed by atoms with Crippen molar-refractivity contribution in [3.05, 3.63) is 65.7 Å². The van der Waals surface area contributed by atoms with Crippen LogP contribution in [-0.2, 0) is 20.9 Å². The zero-order chi connectivity index (χ0) is 20.5. The fourth-order valence-electron chi connectivity index (χ4n) is 3.50. The quantitative estimate of drug-likeness (QED) is 0.669. The minimum Gasteiger partial charge on any atom is -0.456 e. The van der Waals surface area contributed by atoms with Gasteiger partial charge in [-0.15, -0.1) is 0 Å². The lowest BCUT2D eigenvalue weighted by Gasteiger charge is -2.12. The summed E-state index contributed by atoms with van der Waals surface area (Å²) in [5.74, 6) is -0.725. The normalized spacial score (nSPS) is 13.7. The first kappa shape index (κ1) is 20.6. The average Bonchev–Trinajstić information content (AvgIpc) is 3.24. The number of amides is 2. The average molecular weight is 394 g/mol. The zero-order valence-electron chi connectivity index (χ0n) is 16.4. The molecule has 0 spiro atoms. The Labute approximate surface area is 170 Å². The second-order valence-corrected chi connectivity index (χ2v) is 7.28. The van der Waals surface area contributed by atoms with Crippen LogP contribution in [-0.4, -0.2) is 24.4 Å². The molecule has 1 aliphatic rings. The second-order valence-electron chi connectivity index (χ2n) is 7.28. The van der Waals surface area contributed by atoms with Crippen LogP contribution in [0.3, 0.4) is 0 Å². The van der Waals surface area contributed by atoms with Crippen LogP contribution in [0.25, 0.3) is 0 Å². The summed E-state index contributed by atoms with van der Waals surface area (Å²) in [4.78, 5) is 36.6. The van der Waals surface area contributed by atoms with E-state index in [9.17, 15) is 14.4 Å². The van der Waals surface area contributed by atoms with Crippen LogP contribution in [0.5, 0.6) is 0 Å². The number of rotatable bonds is 8. The van der Waals surface area contributed by atoms with E-state index in [0.29, 0.717) is 30.1 Å². The molecule has 1 fully saturated rings. The maximum Gasteiger partial charge on any atom is 0.306 e. The van der Waals surface area contributed by atoms with E-state index >= 15 is 0 Å². The van der Waals surface area contributed by atoms with Gasteiger partial charge in [-0.25, -0.2) is 0 Å². The van der Waals surface area contributed by atoms with Crippen LogP contribution in [0, 0.1) is 5.92 Å². The maximum atomic E-state index is 12.5. The number of nitrogens with one attached hydrogen (secondary N) is 2. The highest BCUT2D eigenvalue weighted by Crippen LogP contribution is 2.27. The molecule has 0 saturated heterocycles. The molecule has 0 aliphatic heterocycles. The molecule has 29 heavy (non-hydrogen) atoms. The Kier molecular flexibility index (Phi) is 7.39. The molecular weight excluding hydrogens is 368 g/mol. The summed E-state index contributed by atoms with van der Waals surface area (Å²) in [5.41, 5.74) is 1.72. The number of para-hydroxylation sites is 1. The van der Waals surface area contributed by atoms with Gasteiger partial charge in [0.25, 0.3) is 11.8 Å². The number of hydrogen-bond acceptors (Lipinski definition) is 4. The fourth-order valence-corrected chi connectivity index (χ4v) is 3.50. The minimum atomic E-state index is -0.465. The Morgan fingerprint density at radius 1 is 0.931 bits per heavy atom. The van der Waals surface area contributed by atoms with E-state index in [4.69, 9.17) is 4.74 Å². The first-order valence-electron chi connectivity index (χ1n) is 9.98. The fraction of sp³-hybridized carbons (Fsp3) is 0.348. The summed E-state index contributed by atoms with van der Waals surface area (Å²) in [6, 6.07) is 16.3. The molecule has 0 atom stereocenters. The lowest BCUT2D eigenvalue weighted by molar-refractivity contribution is -0.148. The standard InChI is InChI=1S/C23H26N2O4/c26-21(16-29-22(27)14-17-8-4-5-9-17)25-20-13-7-6-12-19(20)23(28)24-15-18-10-2-1-3-11-18/h1-3,6-7,10-13,17H,4-5,8-9,14-16H2,(H,24,28)(H,25,26). The molecule has 2 N–H and O–H groups in total. The van der Waals surface area contributed by atoms with Crippen molar-refractivity contribution in [1.82, 2.24) is 5.32 Å². The van der Waals surface area contributed by atoms with Crippen LogP contribution >= 0.6 is 0 Å². The van der Waals surface area contributed by atoms with Crippen LogP contribution < -0.4 is 10.6 Å². The molecule has 0 heterocycles. The Morgan fingerprint density at radius 2 is 1.62 bits per heavy atom. The van der Waals surface area contributed by atoms with E-state index in [0.717, 1.165) is 31.2 Å². The van der Waals surface area contributed by atoms with Crippen molar-refractivity contribution < 1.29 is 19.1 Å². The number of carbonyl (C=O) groups is 3. The highest BCUT2D eigenvalue weighted by Gasteiger charge is 2.20. The molecule has 0 unspecified atom stereocenters. The topological polar surface area (TPSA) is 84.5 Å². The lowest BCUT2D eigenvalue weighted by atomic mass is 10.0. The summed E-state index contributed by atoms with van der Waals surface area (Å²) < 4.78 is 5.09. The molecular formula is C23H26N2O4. The van der Waals surface area contributed by atoms with Crippen LogP contribution in [0.1, 0.15) is 48.0 Å². The van der Waals surface area contributed by atoms with Gasteiger partial charge in [-0.05, 0) is 36.5 Å².